The number of ether oxygens (including phenoxy) is 2. The van der Waals surface area contributed by atoms with Gasteiger partial charge in [-0.25, -0.2) is 0 Å². The van der Waals surface area contributed by atoms with Crippen molar-refractivity contribution in [3.05, 3.63) is 94.6 Å². The van der Waals surface area contributed by atoms with Gasteiger partial charge in [-0.2, -0.15) is 0 Å². The Morgan fingerprint density at radius 3 is 2.33 bits per heavy atom. The number of benzene rings is 3. The normalized spacial score (nSPS) is 17.1. The van der Waals surface area contributed by atoms with Crippen molar-refractivity contribution in [1.29, 1.82) is 0 Å². The molecule has 3 aromatic carbocycles. The van der Waals surface area contributed by atoms with E-state index in [9.17, 15) is 14.7 Å². The van der Waals surface area contributed by atoms with Crippen molar-refractivity contribution in [3.63, 3.8) is 0 Å². The van der Waals surface area contributed by atoms with Crippen molar-refractivity contribution < 1.29 is 24.2 Å². The molecule has 186 valence electrons. The van der Waals surface area contributed by atoms with Crippen LogP contribution in [0.2, 0.25) is 0 Å². The Bertz CT molecular complexity index is 1320. The van der Waals surface area contributed by atoms with E-state index in [2.05, 4.69) is 0 Å². The average Bonchev–Trinajstić information content (AvgIpc) is 3.14. The molecule has 1 aliphatic heterocycles. The maximum absolute atomic E-state index is 13.4. The van der Waals surface area contributed by atoms with Gasteiger partial charge in [0.2, 0.25) is 0 Å². The van der Waals surface area contributed by atoms with E-state index < -0.39 is 17.7 Å². The molecule has 0 spiro atoms. The van der Waals surface area contributed by atoms with Crippen molar-refractivity contribution in [1.82, 2.24) is 0 Å². The minimum atomic E-state index is -0.809. The lowest BCUT2D eigenvalue weighted by atomic mass is 9.94. The molecule has 0 aromatic heterocycles. The Morgan fingerprint density at radius 1 is 0.972 bits per heavy atom. The lowest BCUT2D eigenvalue weighted by Crippen LogP contribution is -2.30. The van der Waals surface area contributed by atoms with Crippen LogP contribution < -0.4 is 14.4 Å². The number of rotatable bonds is 7. The third-order valence-corrected chi connectivity index (χ3v) is 6.40. The van der Waals surface area contributed by atoms with Gasteiger partial charge in [0.25, 0.3) is 11.7 Å². The zero-order chi connectivity index (χ0) is 26.0. The maximum atomic E-state index is 13.4. The van der Waals surface area contributed by atoms with Crippen LogP contribution in [0.15, 0.2) is 72.3 Å². The second-order valence-electron chi connectivity index (χ2n) is 9.39. The van der Waals surface area contributed by atoms with Crippen LogP contribution in [0.3, 0.4) is 0 Å². The van der Waals surface area contributed by atoms with Gasteiger partial charge in [-0.15, -0.1) is 0 Å². The van der Waals surface area contributed by atoms with Crippen molar-refractivity contribution in [3.8, 4) is 11.5 Å². The van der Waals surface area contributed by atoms with Crippen LogP contribution in [0.25, 0.3) is 5.76 Å². The smallest absolute Gasteiger partial charge is 0.300 e. The summed E-state index contributed by atoms with van der Waals surface area (Å²) in [5.41, 5.74) is 3.65. The third-order valence-electron chi connectivity index (χ3n) is 6.40. The molecule has 1 N–H and O–H groups in total. The van der Waals surface area contributed by atoms with Crippen LogP contribution in [0.1, 0.15) is 42.1 Å². The van der Waals surface area contributed by atoms with Gasteiger partial charge in [-0.1, -0.05) is 50.2 Å². The first kappa shape index (κ1) is 25.0. The molecule has 1 heterocycles. The fourth-order valence-electron chi connectivity index (χ4n) is 4.33. The van der Waals surface area contributed by atoms with Gasteiger partial charge >= 0.3 is 0 Å². The first-order valence-electron chi connectivity index (χ1n) is 12.0. The summed E-state index contributed by atoms with van der Waals surface area (Å²) in [5, 5.41) is 11.4. The molecule has 0 radical (unpaired) electrons. The summed E-state index contributed by atoms with van der Waals surface area (Å²) in [4.78, 5) is 28.4. The third kappa shape index (κ3) is 4.71. The van der Waals surface area contributed by atoms with Crippen LogP contribution >= 0.6 is 0 Å². The quantitative estimate of drug-likeness (QED) is 0.253. The number of carbonyl (C=O) groups is 2. The number of nitrogens with zero attached hydrogens (tertiary/aromatic N) is 1. The molecule has 1 atom stereocenters. The number of carbonyl (C=O) groups excluding carboxylic acids is 2. The molecule has 1 saturated heterocycles. The second kappa shape index (κ2) is 10.3. The van der Waals surface area contributed by atoms with Crippen molar-refractivity contribution in [2.75, 3.05) is 18.6 Å². The molecular weight excluding hydrogens is 454 g/mol. The number of hydrogen-bond donors (Lipinski definition) is 1. The van der Waals surface area contributed by atoms with Crippen molar-refractivity contribution in [2.45, 2.75) is 33.7 Å². The number of anilines is 1. The lowest BCUT2D eigenvalue weighted by Gasteiger charge is -2.27. The van der Waals surface area contributed by atoms with Gasteiger partial charge in [-0.05, 0) is 66.8 Å². The zero-order valence-electron chi connectivity index (χ0n) is 21.2. The van der Waals surface area contributed by atoms with Crippen LogP contribution in [-0.2, 0) is 9.59 Å². The molecule has 1 aliphatic rings. The molecule has 1 unspecified atom stereocenters. The number of ketones is 1. The summed E-state index contributed by atoms with van der Waals surface area (Å²) >= 11 is 0. The first-order valence-corrected chi connectivity index (χ1v) is 12.0. The van der Waals surface area contributed by atoms with Crippen LogP contribution in [-0.4, -0.2) is 30.5 Å². The highest BCUT2D eigenvalue weighted by molar-refractivity contribution is 6.51. The molecule has 6 nitrogen and oxygen atoms in total. The van der Waals surface area contributed by atoms with Gasteiger partial charge in [0.15, 0.2) is 0 Å². The highest BCUT2D eigenvalue weighted by atomic mass is 16.5. The van der Waals surface area contributed by atoms with Crippen LogP contribution in [0, 0.1) is 19.8 Å². The molecule has 0 bridgehead atoms. The highest BCUT2D eigenvalue weighted by Crippen LogP contribution is 2.44. The van der Waals surface area contributed by atoms with Gasteiger partial charge in [0.05, 0.1) is 25.3 Å². The Kier molecular flexibility index (Phi) is 7.15. The van der Waals surface area contributed by atoms with E-state index in [1.54, 1.807) is 43.5 Å². The predicted molar refractivity (Wildman–Crippen MR) is 140 cm³/mol. The number of amides is 1. The number of aliphatic hydroxyl groups excluding tert-OH is 1. The van der Waals surface area contributed by atoms with Crippen LogP contribution in [0.5, 0.6) is 11.5 Å². The molecule has 1 amide bonds. The number of aryl methyl sites for hydroxylation is 1. The van der Waals surface area contributed by atoms with E-state index in [-0.39, 0.29) is 11.3 Å². The second-order valence-corrected chi connectivity index (χ2v) is 9.39. The molecule has 4 rings (SSSR count). The summed E-state index contributed by atoms with van der Waals surface area (Å²) in [6, 6.07) is 19.0. The number of Topliss-reactive ketones (excluding diaryl/α,β-unsaturated/α-hetero) is 1. The number of hydrogen-bond acceptors (Lipinski definition) is 5. The molecule has 0 aliphatic carbocycles. The largest absolute Gasteiger partial charge is 0.507 e. The molecule has 6 heteroatoms. The summed E-state index contributed by atoms with van der Waals surface area (Å²) in [5.74, 6) is -0.0897. The monoisotopic (exact) mass is 485 g/mol. The highest BCUT2D eigenvalue weighted by Gasteiger charge is 2.47. The molecule has 36 heavy (non-hydrogen) atoms. The Morgan fingerprint density at radius 2 is 1.67 bits per heavy atom. The predicted octanol–water partition coefficient (Wildman–Crippen LogP) is 5.97. The minimum Gasteiger partial charge on any atom is -0.507 e. The van der Waals surface area contributed by atoms with Gasteiger partial charge in [-0.3, -0.25) is 14.5 Å². The summed E-state index contributed by atoms with van der Waals surface area (Å²) in [6.07, 6.45) is 0. The lowest BCUT2D eigenvalue weighted by molar-refractivity contribution is -0.132. The fourth-order valence-corrected chi connectivity index (χ4v) is 4.33. The van der Waals surface area contributed by atoms with E-state index in [4.69, 9.17) is 9.47 Å². The van der Waals surface area contributed by atoms with E-state index in [1.165, 1.54) is 4.90 Å². The van der Waals surface area contributed by atoms with E-state index in [0.29, 0.717) is 40.8 Å². The van der Waals surface area contributed by atoms with Crippen molar-refractivity contribution in [2.24, 2.45) is 5.92 Å². The number of methoxy groups -OCH3 is 1. The van der Waals surface area contributed by atoms with Crippen LogP contribution in [0.4, 0.5) is 5.69 Å². The summed E-state index contributed by atoms with van der Waals surface area (Å²) < 4.78 is 11.1. The van der Waals surface area contributed by atoms with Gasteiger partial charge in [0, 0.05) is 11.3 Å². The fraction of sp³-hybridized carbons (Fsp3) is 0.267. The van der Waals surface area contributed by atoms with Gasteiger partial charge in [0.1, 0.15) is 17.3 Å². The summed E-state index contributed by atoms with van der Waals surface area (Å²) in [7, 11) is 1.57. The van der Waals surface area contributed by atoms with E-state index in [1.807, 2.05) is 58.0 Å². The van der Waals surface area contributed by atoms with Crippen molar-refractivity contribution >= 4 is 23.1 Å². The topological polar surface area (TPSA) is 76.1 Å². The van der Waals surface area contributed by atoms with Gasteiger partial charge < -0.3 is 14.6 Å². The standard InChI is InChI=1S/C30H31NO5/c1-18(2)17-36-24-10-7-9-22(16-24)28(32)26-27(21-12-14-23(35-5)15-13-21)31(30(34)29(26)33)25-11-6-8-19(3)20(25)4/h6-16,18,27,32H,17H2,1-5H3/b28-26+. The minimum absolute atomic E-state index is 0.0343. The first-order chi connectivity index (χ1) is 17.2. The maximum Gasteiger partial charge on any atom is 0.300 e. The van der Waals surface area contributed by atoms with E-state index >= 15 is 0 Å². The molecule has 0 saturated carbocycles. The average molecular weight is 486 g/mol. The number of aliphatic hydroxyl groups is 1. The zero-order valence-corrected chi connectivity index (χ0v) is 21.2. The summed E-state index contributed by atoms with van der Waals surface area (Å²) in [6.45, 7) is 8.50. The SMILES string of the molecule is COc1ccc(C2/C(=C(\O)c3cccc(OCC(C)C)c3)C(=O)C(=O)N2c2cccc(C)c2C)cc1. The Hall–Kier alpha value is -4.06. The van der Waals surface area contributed by atoms with E-state index in [0.717, 1.165) is 11.1 Å². The molecule has 1 fully saturated rings. The molecule has 3 aromatic rings. The molecular formula is C30H31NO5. The Labute approximate surface area is 211 Å². The Balaban J connectivity index is 1.89.